The van der Waals surface area contributed by atoms with Crippen LogP contribution < -0.4 is 25.4 Å². The zero-order valence-corrected chi connectivity index (χ0v) is 20.5. The number of rotatable bonds is 13. The maximum absolute atomic E-state index is 12.5. The van der Waals surface area contributed by atoms with E-state index in [1.807, 2.05) is 18.2 Å². The lowest BCUT2D eigenvalue weighted by molar-refractivity contribution is -0.107. The summed E-state index contributed by atoms with van der Waals surface area (Å²) in [5, 5.41) is 3.58. The molecule has 0 aliphatic heterocycles. The minimum Gasteiger partial charge on any atom is -0.494 e. The summed E-state index contributed by atoms with van der Waals surface area (Å²) in [7, 11) is 1.61. The zero-order valence-electron chi connectivity index (χ0n) is 20.5. The highest BCUT2D eigenvalue weighted by atomic mass is 16.5. The summed E-state index contributed by atoms with van der Waals surface area (Å²) in [6, 6.07) is 21.2. The zero-order chi connectivity index (χ0) is 26.0. The summed E-state index contributed by atoms with van der Waals surface area (Å²) in [6.07, 6.45) is 1.30. The number of hydrogen-bond acceptors (Lipinski definition) is 7. The fraction of sp³-hybridized carbons (Fsp3) is 0.214. The van der Waals surface area contributed by atoms with Crippen LogP contribution in [0.2, 0.25) is 0 Å². The first-order valence-electron chi connectivity index (χ1n) is 11.8. The molecule has 0 fully saturated rings. The molecular formula is C28H29N3O6. The quantitative estimate of drug-likeness (QED) is 0.154. The number of methoxy groups -OCH3 is 1. The van der Waals surface area contributed by atoms with Crippen molar-refractivity contribution >= 4 is 40.5 Å². The Hall–Kier alpha value is -4.50. The van der Waals surface area contributed by atoms with Gasteiger partial charge in [-0.25, -0.2) is 0 Å². The SMILES string of the molecule is COCCOc1cccc2oc(N(C=O)CCCOc3ccc(C(=O)Nc4ccccc4N)cc3)cc12. The number of hydrogen-bond donors (Lipinski definition) is 2. The molecule has 0 aliphatic carbocycles. The predicted octanol–water partition coefficient (Wildman–Crippen LogP) is 4.72. The van der Waals surface area contributed by atoms with Crippen LogP contribution in [0.1, 0.15) is 16.8 Å². The van der Waals surface area contributed by atoms with E-state index in [2.05, 4.69) is 5.32 Å². The average molecular weight is 504 g/mol. The second-order valence-electron chi connectivity index (χ2n) is 8.16. The van der Waals surface area contributed by atoms with Gasteiger partial charge in [-0.05, 0) is 55.0 Å². The van der Waals surface area contributed by atoms with Crippen LogP contribution in [0.25, 0.3) is 11.0 Å². The Morgan fingerprint density at radius 1 is 1.00 bits per heavy atom. The molecule has 0 spiro atoms. The Morgan fingerprint density at radius 3 is 2.57 bits per heavy atom. The molecule has 2 amide bonds. The van der Waals surface area contributed by atoms with Crippen LogP contribution in [0.3, 0.4) is 0 Å². The minimum atomic E-state index is -0.260. The van der Waals surface area contributed by atoms with Gasteiger partial charge in [-0.15, -0.1) is 0 Å². The second kappa shape index (κ2) is 12.5. The fourth-order valence-corrected chi connectivity index (χ4v) is 3.67. The lowest BCUT2D eigenvalue weighted by Gasteiger charge is -2.14. The Kier molecular flexibility index (Phi) is 8.62. The van der Waals surface area contributed by atoms with Crippen LogP contribution in [-0.2, 0) is 9.53 Å². The van der Waals surface area contributed by atoms with E-state index in [9.17, 15) is 9.59 Å². The van der Waals surface area contributed by atoms with Crippen molar-refractivity contribution in [2.75, 3.05) is 49.4 Å². The van der Waals surface area contributed by atoms with Crippen molar-refractivity contribution in [2.45, 2.75) is 6.42 Å². The molecular weight excluding hydrogens is 474 g/mol. The number of nitrogen functional groups attached to an aromatic ring is 1. The van der Waals surface area contributed by atoms with E-state index in [-0.39, 0.29) is 5.91 Å². The standard InChI is InChI=1S/C28H29N3O6/c1-34-16-17-36-25-8-4-9-26-22(25)18-27(37-26)31(19-32)14-5-15-35-21-12-10-20(11-13-21)28(33)30-24-7-3-2-6-23(24)29/h2-4,6-13,18-19H,5,14-17,29H2,1H3,(H,30,33). The molecule has 0 saturated carbocycles. The number of furan rings is 1. The van der Waals surface area contributed by atoms with Crippen LogP contribution in [0.5, 0.6) is 11.5 Å². The molecule has 1 aromatic heterocycles. The molecule has 0 unspecified atom stereocenters. The van der Waals surface area contributed by atoms with E-state index in [1.165, 1.54) is 4.90 Å². The van der Waals surface area contributed by atoms with E-state index in [0.717, 1.165) is 11.8 Å². The van der Waals surface area contributed by atoms with Gasteiger partial charge < -0.3 is 29.7 Å². The number of para-hydroxylation sites is 2. The average Bonchev–Trinajstić information content (AvgIpc) is 3.35. The minimum absolute atomic E-state index is 0.260. The third-order valence-corrected chi connectivity index (χ3v) is 5.60. The third kappa shape index (κ3) is 6.59. The maximum Gasteiger partial charge on any atom is 0.255 e. The molecule has 3 N–H and O–H groups in total. The van der Waals surface area contributed by atoms with E-state index >= 15 is 0 Å². The van der Waals surface area contributed by atoms with Crippen molar-refractivity contribution in [2.24, 2.45) is 0 Å². The Labute approximate surface area is 214 Å². The molecule has 4 rings (SSSR count). The fourth-order valence-electron chi connectivity index (χ4n) is 3.67. The maximum atomic E-state index is 12.5. The molecule has 192 valence electrons. The first-order valence-corrected chi connectivity index (χ1v) is 11.8. The van der Waals surface area contributed by atoms with Crippen molar-refractivity contribution in [1.29, 1.82) is 0 Å². The number of nitrogens with one attached hydrogen (secondary N) is 1. The lowest BCUT2D eigenvalue weighted by Crippen LogP contribution is -2.23. The van der Waals surface area contributed by atoms with Gasteiger partial charge in [0.25, 0.3) is 5.91 Å². The molecule has 0 atom stereocenters. The van der Waals surface area contributed by atoms with Gasteiger partial charge in [-0.3, -0.25) is 14.5 Å². The molecule has 3 aromatic carbocycles. The summed E-state index contributed by atoms with van der Waals surface area (Å²) in [6.45, 7) is 1.67. The van der Waals surface area contributed by atoms with Gasteiger partial charge in [0, 0.05) is 25.3 Å². The Morgan fingerprint density at radius 2 is 1.81 bits per heavy atom. The van der Waals surface area contributed by atoms with Gasteiger partial charge >= 0.3 is 0 Å². The van der Waals surface area contributed by atoms with Crippen molar-refractivity contribution < 1.29 is 28.2 Å². The van der Waals surface area contributed by atoms with Crippen LogP contribution >= 0.6 is 0 Å². The normalized spacial score (nSPS) is 10.7. The highest BCUT2D eigenvalue weighted by Crippen LogP contribution is 2.32. The number of carbonyl (C=O) groups is 2. The van der Waals surface area contributed by atoms with E-state index in [1.54, 1.807) is 61.7 Å². The summed E-state index contributed by atoms with van der Waals surface area (Å²) >= 11 is 0. The van der Waals surface area contributed by atoms with Crippen LogP contribution in [0.15, 0.2) is 77.2 Å². The molecule has 37 heavy (non-hydrogen) atoms. The Bertz CT molecular complexity index is 1340. The summed E-state index contributed by atoms with van der Waals surface area (Å²) in [4.78, 5) is 25.7. The van der Waals surface area contributed by atoms with Gasteiger partial charge in [-0.2, -0.15) is 0 Å². The van der Waals surface area contributed by atoms with Gasteiger partial charge in [-0.1, -0.05) is 18.2 Å². The molecule has 0 radical (unpaired) electrons. The number of anilines is 3. The van der Waals surface area contributed by atoms with E-state index < -0.39 is 0 Å². The number of amides is 2. The monoisotopic (exact) mass is 503 g/mol. The van der Waals surface area contributed by atoms with Crippen molar-refractivity contribution in [3.8, 4) is 11.5 Å². The molecule has 0 bridgehead atoms. The molecule has 1 heterocycles. The van der Waals surface area contributed by atoms with E-state index in [0.29, 0.717) is 72.7 Å². The smallest absolute Gasteiger partial charge is 0.255 e. The van der Waals surface area contributed by atoms with Gasteiger partial charge in [0.2, 0.25) is 12.3 Å². The van der Waals surface area contributed by atoms with Gasteiger partial charge in [0.05, 0.1) is 30.0 Å². The summed E-state index contributed by atoms with van der Waals surface area (Å²) < 4.78 is 22.4. The first kappa shape index (κ1) is 25.6. The highest BCUT2D eigenvalue weighted by molar-refractivity contribution is 6.05. The first-order chi connectivity index (χ1) is 18.1. The topological polar surface area (TPSA) is 116 Å². The van der Waals surface area contributed by atoms with E-state index in [4.69, 9.17) is 24.4 Å². The second-order valence-corrected chi connectivity index (χ2v) is 8.16. The number of nitrogens with zero attached hydrogens (tertiary/aromatic N) is 1. The Balaban J connectivity index is 1.28. The van der Waals surface area contributed by atoms with Crippen molar-refractivity contribution in [1.82, 2.24) is 0 Å². The number of ether oxygens (including phenoxy) is 3. The van der Waals surface area contributed by atoms with Crippen LogP contribution in [-0.4, -0.2) is 45.8 Å². The van der Waals surface area contributed by atoms with Gasteiger partial charge in [0.1, 0.15) is 23.7 Å². The highest BCUT2D eigenvalue weighted by Gasteiger charge is 2.14. The van der Waals surface area contributed by atoms with Crippen molar-refractivity contribution in [3.05, 3.63) is 78.4 Å². The van der Waals surface area contributed by atoms with Crippen molar-refractivity contribution in [3.63, 3.8) is 0 Å². The van der Waals surface area contributed by atoms with Crippen LogP contribution in [0.4, 0.5) is 17.3 Å². The number of nitrogens with two attached hydrogens (primary N) is 1. The number of benzene rings is 3. The van der Waals surface area contributed by atoms with Gasteiger partial charge in [0.15, 0.2) is 0 Å². The third-order valence-electron chi connectivity index (χ3n) is 5.60. The molecule has 0 saturated heterocycles. The molecule has 9 heteroatoms. The van der Waals surface area contributed by atoms with Crippen LogP contribution in [0, 0.1) is 0 Å². The largest absolute Gasteiger partial charge is 0.494 e. The molecule has 4 aromatic rings. The molecule has 9 nitrogen and oxygen atoms in total. The predicted molar refractivity (Wildman–Crippen MR) is 142 cm³/mol. The number of fused-ring (bicyclic) bond motifs is 1. The summed E-state index contributed by atoms with van der Waals surface area (Å²) in [5.41, 5.74) is 8.06. The lowest BCUT2D eigenvalue weighted by atomic mass is 10.2. The molecule has 0 aliphatic rings. The number of carbonyl (C=O) groups excluding carboxylic acids is 2. The summed E-state index contributed by atoms with van der Waals surface area (Å²) in [5.74, 6) is 1.46.